The molecule has 0 aliphatic carbocycles. The Bertz CT molecular complexity index is 3170. The summed E-state index contributed by atoms with van der Waals surface area (Å²) in [6.07, 6.45) is -0.784. The zero-order chi connectivity index (χ0) is 51.4. The van der Waals surface area contributed by atoms with Crippen molar-refractivity contribution in [2.75, 3.05) is 0 Å². The molecule has 2 aromatic heterocycles. The van der Waals surface area contributed by atoms with Crippen LogP contribution in [0.3, 0.4) is 0 Å². The minimum Gasteiger partial charge on any atom is -0.489 e. The summed E-state index contributed by atoms with van der Waals surface area (Å²) in [5.41, 5.74) is 4.58. The lowest BCUT2D eigenvalue weighted by atomic mass is 9.96. The van der Waals surface area contributed by atoms with Crippen LogP contribution in [-0.4, -0.2) is 51.9 Å². The van der Waals surface area contributed by atoms with Crippen molar-refractivity contribution in [1.82, 2.24) is 15.3 Å². The summed E-state index contributed by atoms with van der Waals surface area (Å²) < 4.78 is 28.1. The molecule has 0 amide bonds. The fourth-order valence-corrected chi connectivity index (χ4v) is 11.2. The second-order valence-corrected chi connectivity index (χ2v) is 22.8. The lowest BCUT2D eigenvalue weighted by Gasteiger charge is -2.27. The Morgan fingerprint density at radius 3 is 1.43 bits per heavy atom. The predicted molar refractivity (Wildman–Crippen MR) is 293 cm³/mol. The van der Waals surface area contributed by atoms with Crippen LogP contribution in [0.15, 0.2) is 97.8 Å². The molecule has 8 bridgehead atoms. The van der Waals surface area contributed by atoms with Crippen molar-refractivity contribution in [2.24, 2.45) is 72.3 Å². The molecule has 72 heavy (non-hydrogen) atoms. The van der Waals surface area contributed by atoms with E-state index in [0.717, 1.165) is 61.0 Å². The quantitative estimate of drug-likeness (QED) is 0.0885. The van der Waals surface area contributed by atoms with Crippen LogP contribution in [0.25, 0.3) is 21.5 Å². The molecule has 3 aliphatic rings. The zero-order valence-electron chi connectivity index (χ0n) is 45.3. The molecular formula is C60H76N8O4. The minimum atomic E-state index is -0.573. The van der Waals surface area contributed by atoms with Crippen LogP contribution >= 0.6 is 0 Å². The third-order valence-electron chi connectivity index (χ3n) is 14.3. The van der Waals surface area contributed by atoms with Gasteiger partial charge in [0.25, 0.3) is 0 Å². The van der Waals surface area contributed by atoms with Gasteiger partial charge in [-0.15, -0.1) is 0 Å². The number of aromatic nitrogens is 2. The Hall–Kier alpha value is -6.43. The summed E-state index contributed by atoms with van der Waals surface area (Å²) in [5, 5.41) is 7.13. The van der Waals surface area contributed by atoms with E-state index in [1.54, 1.807) is 0 Å². The highest BCUT2D eigenvalue weighted by Gasteiger charge is 2.35. The van der Waals surface area contributed by atoms with Gasteiger partial charge >= 0.3 is 0 Å². The summed E-state index contributed by atoms with van der Waals surface area (Å²) >= 11 is 0. The number of nitrogens with one attached hydrogen (secondary N) is 3. The molecule has 1 unspecified atom stereocenters. The third-order valence-corrected chi connectivity index (χ3v) is 14.3. The third kappa shape index (κ3) is 9.53. The van der Waals surface area contributed by atoms with E-state index in [-0.39, 0.29) is 71.8 Å². The summed E-state index contributed by atoms with van der Waals surface area (Å²) in [4.78, 5) is 34.8. The molecule has 12 nitrogen and oxygen atoms in total. The van der Waals surface area contributed by atoms with Gasteiger partial charge in [0.05, 0.1) is 21.9 Å². The second-order valence-electron chi connectivity index (χ2n) is 22.8. The maximum absolute atomic E-state index is 7.04. The van der Waals surface area contributed by atoms with Gasteiger partial charge in [0.2, 0.25) is 0 Å². The molecule has 0 saturated carbocycles. The molecular weight excluding hydrogens is 897 g/mol. The number of amidine groups is 3. The number of aliphatic imine (C=N–C) groups is 3. The molecule has 4 aromatic carbocycles. The van der Waals surface area contributed by atoms with Crippen LogP contribution in [0.1, 0.15) is 139 Å². The SMILES string of the molecule is CC(C)C(Oc1cccc2c1C1=NC/2=N\c2[nH]c(c3cccc(OC(C(C)C)C(C)C)c23)/N=C2\NC(/N=c3\[nH]/c(c4cccc(OC(C(C)C)C(C)C)c34)=N\1)c1cccc(OC(C(C)C)C(C)C)c12)C(C)C. The van der Waals surface area contributed by atoms with Crippen LogP contribution in [0.4, 0.5) is 11.6 Å². The molecule has 5 heterocycles. The van der Waals surface area contributed by atoms with Crippen molar-refractivity contribution in [3.63, 3.8) is 0 Å². The highest BCUT2D eigenvalue weighted by molar-refractivity contribution is 6.25. The summed E-state index contributed by atoms with van der Waals surface area (Å²) in [7, 11) is 0. The first kappa shape index (κ1) is 50.5. The van der Waals surface area contributed by atoms with Crippen molar-refractivity contribution in [3.8, 4) is 23.0 Å². The first-order valence-electron chi connectivity index (χ1n) is 26.5. The molecule has 0 fully saturated rings. The second kappa shape index (κ2) is 20.2. The number of ether oxygens (including phenoxy) is 4. The molecule has 0 spiro atoms. The fraction of sp³-hybridized carbons (Fsp3) is 0.483. The van der Waals surface area contributed by atoms with Gasteiger partial charge in [-0.05, 0) is 71.6 Å². The highest BCUT2D eigenvalue weighted by atomic mass is 16.5. The van der Waals surface area contributed by atoms with Crippen molar-refractivity contribution in [3.05, 3.63) is 106 Å². The van der Waals surface area contributed by atoms with E-state index in [0.29, 0.717) is 45.9 Å². The van der Waals surface area contributed by atoms with Crippen molar-refractivity contribution >= 4 is 50.7 Å². The van der Waals surface area contributed by atoms with Gasteiger partial charge < -0.3 is 34.2 Å². The highest BCUT2D eigenvalue weighted by Crippen LogP contribution is 2.44. The molecule has 0 radical (unpaired) electrons. The van der Waals surface area contributed by atoms with E-state index < -0.39 is 6.17 Å². The molecule has 6 aromatic rings. The van der Waals surface area contributed by atoms with Crippen molar-refractivity contribution < 1.29 is 18.9 Å². The maximum Gasteiger partial charge on any atom is 0.168 e. The van der Waals surface area contributed by atoms with Gasteiger partial charge in [0, 0.05) is 21.9 Å². The first-order valence-corrected chi connectivity index (χ1v) is 26.5. The number of hydrogen-bond acceptors (Lipinski definition) is 10. The van der Waals surface area contributed by atoms with Gasteiger partial charge in [-0.25, -0.2) is 25.0 Å². The van der Waals surface area contributed by atoms with Crippen LogP contribution in [-0.2, 0) is 0 Å². The Kier molecular flexibility index (Phi) is 14.2. The van der Waals surface area contributed by atoms with Gasteiger partial charge in [-0.1, -0.05) is 159 Å². The number of aromatic amines is 2. The first-order chi connectivity index (χ1) is 34.3. The number of H-pyrrole nitrogens is 2. The Balaban J connectivity index is 1.39. The van der Waals surface area contributed by atoms with E-state index in [1.165, 1.54) is 0 Å². The Labute approximate surface area is 426 Å². The van der Waals surface area contributed by atoms with E-state index in [1.807, 2.05) is 42.5 Å². The van der Waals surface area contributed by atoms with Gasteiger partial charge in [0.1, 0.15) is 82.0 Å². The molecule has 380 valence electrons. The number of nitrogens with zero attached hydrogens (tertiary/aromatic N) is 5. The molecule has 0 saturated heterocycles. The molecule has 1 atom stereocenters. The fourth-order valence-electron chi connectivity index (χ4n) is 11.2. The topological polar surface area (TPSA) is 142 Å². The Morgan fingerprint density at radius 2 is 0.875 bits per heavy atom. The molecule has 3 aliphatic heterocycles. The number of benzene rings is 4. The maximum atomic E-state index is 7.04. The van der Waals surface area contributed by atoms with Crippen LogP contribution < -0.4 is 35.2 Å². The minimum absolute atomic E-state index is 0.0446. The van der Waals surface area contributed by atoms with Crippen molar-refractivity contribution in [1.29, 1.82) is 0 Å². The normalized spacial score (nSPS) is 17.9. The monoisotopic (exact) mass is 973 g/mol. The van der Waals surface area contributed by atoms with E-state index >= 15 is 0 Å². The Morgan fingerprint density at radius 1 is 0.403 bits per heavy atom. The van der Waals surface area contributed by atoms with E-state index in [4.69, 9.17) is 43.9 Å². The van der Waals surface area contributed by atoms with E-state index in [9.17, 15) is 0 Å². The zero-order valence-corrected chi connectivity index (χ0v) is 45.3. The van der Waals surface area contributed by atoms with Gasteiger partial charge in [-0.2, -0.15) is 0 Å². The van der Waals surface area contributed by atoms with Crippen LogP contribution in [0, 0.1) is 47.3 Å². The summed E-state index contributed by atoms with van der Waals surface area (Å²) in [6.45, 7) is 35.3. The molecule has 3 N–H and O–H groups in total. The standard InChI is InChI=1S/C60H76N8O4/c1-29(2)49(30(3)4)69-41-25-17-21-37-45(41)57-61-53(37)66-58-47-39(23-19-27-43(47)71-51(33(9)10)34(11)12)55(63-58)68-60-48-40(24-20-28-44(48)72-52(35(13)14)36(15)16)56(64-60)67-59-46-38(54(62-59)65-57)22-18-26-42(46)70-50(31(5)6)32(7)8/h17-36,49-53,62H,1-16H3,(H,61,65)(H,63,64,66,67,68). The average Bonchev–Trinajstić information content (AvgIpc) is 4.06. The van der Waals surface area contributed by atoms with Crippen LogP contribution in [0.5, 0.6) is 23.0 Å². The number of rotatable bonds is 16. The lowest BCUT2D eigenvalue weighted by molar-refractivity contribution is 0.105. The summed E-state index contributed by atoms with van der Waals surface area (Å²) in [6, 6.07) is 24.6. The number of hydrogen-bond donors (Lipinski definition) is 3. The predicted octanol–water partition coefficient (Wildman–Crippen LogP) is 13.4. The van der Waals surface area contributed by atoms with Crippen molar-refractivity contribution in [2.45, 2.75) is 141 Å². The largest absolute Gasteiger partial charge is 0.489 e. The van der Waals surface area contributed by atoms with E-state index in [2.05, 4.69) is 156 Å². The number of fused-ring (bicyclic) bond motifs is 19. The van der Waals surface area contributed by atoms with Crippen LogP contribution in [0.2, 0.25) is 0 Å². The van der Waals surface area contributed by atoms with Gasteiger partial charge in [-0.3, -0.25) is 0 Å². The lowest BCUT2D eigenvalue weighted by Crippen LogP contribution is -2.29. The van der Waals surface area contributed by atoms with Gasteiger partial charge in [0.15, 0.2) is 11.7 Å². The summed E-state index contributed by atoms with van der Waals surface area (Å²) in [5.74, 6) is 7.74. The smallest absolute Gasteiger partial charge is 0.168 e. The molecule has 9 rings (SSSR count). The molecule has 12 heteroatoms. The average molecular weight is 973 g/mol.